The summed E-state index contributed by atoms with van der Waals surface area (Å²) in [5.74, 6) is 0.249. The number of thiazole rings is 1. The summed E-state index contributed by atoms with van der Waals surface area (Å²) < 4.78 is 0. The fourth-order valence-corrected chi connectivity index (χ4v) is 5.20. The van der Waals surface area contributed by atoms with E-state index in [2.05, 4.69) is 27.4 Å². The van der Waals surface area contributed by atoms with Gasteiger partial charge in [-0.1, -0.05) is 42.5 Å². The van der Waals surface area contributed by atoms with Crippen molar-refractivity contribution >= 4 is 29.6 Å². The first-order valence-electron chi connectivity index (χ1n) is 11.5. The van der Waals surface area contributed by atoms with Crippen LogP contribution in [0.2, 0.25) is 0 Å². The van der Waals surface area contributed by atoms with E-state index in [1.807, 2.05) is 47.7 Å². The molecule has 0 radical (unpaired) electrons. The van der Waals surface area contributed by atoms with Crippen molar-refractivity contribution in [3.63, 3.8) is 0 Å². The molecule has 0 saturated carbocycles. The molecule has 2 aliphatic rings. The number of likely N-dealkylation sites (tertiary alicyclic amines) is 1. The van der Waals surface area contributed by atoms with Crippen LogP contribution in [-0.4, -0.2) is 77.4 Å². The van der Waals surface area contributed by atoms with E-state index >= 15 is 0 Å². The summed E-state index contributed by atoms with van der Waals surface area (Å²) in [6.07, 6.45) is 7.07. The Balaban J connectivity index is 0.00000103. The lowest BCUT2D eigenvalue weighted by Gasteiger charge is -2.28. The van der Waals surface area contributed by atoms with Crippen LogP contribution in [0, 0.1) is 5.92 Å². The number of nitrogens with zero attached hydrogens (tertiary/aromatic N) is 3. The average Bonchev–Trinajstić information content (AvgIpc) is 3.22. The van der Waals surface area contributed by atoms with Crippen LogP contribution >= 0.6 is 11.3 Å². The molecule has 2 aliphatic heterocycles. The SMILES string of the molecule is CN1C[C@@H](NC(=O)Cc2csc(-c3ccccc3)n2)CC[C@@H](C(=O)N2CC=CCC2)C1.O=CO. The fraction of sp³-hybridized carbons (Fsp3) is 0.440. The Morgan fingerprint density at radius 1 is 1.21 bits per heavy atom. The van der Waals surface area contributed by atoms with E-state index in [0.29, 0.717) is 0 Å². The van der Waals surface area contributed by atoms with Gasteiger partial charge in [-0.2, -0.15) is 0 Å². The predicted molar refractivity (Wildman–Crippen MR) is 132 cm³/mol. The monoisotopic (exact) mass is 484 g/mol. The van der Waals surface area contributed by atoms with Crippen LogP contribution in [0.15, 0.2) is 47.9 Å². The molecule has 182 valence electrons. The van der Waals surface area contributed by atoms with Gasteiger partial charge in [-0.15, -0.1) is 11.3 Å². The molecule has 8 nitrogen and oxygen atoms in total. The van der Waals surface area contributed by atoms with Gasteiger partial charge in [0.25, 0.3) is 6.47 Å². The number of nitrogens with one attached hydrogen (secondary N) is 1. The van der Waals surface area contributed by atoms with Crippen molar-refractivity contribution in [3.8, 4) is 10.6 Å². The molecular formula is C25H32N4O4S. The number of hydrogen-bond acceptors (Lipinski definition) is 6. The van der Waals surface area contributed by atoms with Gasteiger partial charge in [0.1, 0.15) is 5.01 Å². The van der Waals surface area contributed by atoms with Gasteiger partial charge in [-0.3, -0.25) is 14.4 Å². The highest BCUT2D eigenvalue weighted by Crippen LogP contribution is 2.24. The Morgan fingerprint density at radius 2 is 1.97 bits per heavy atom. The Hall–Kier alpha value is -3.04. The molecule has 0 unspecified atom stereocenters. The van der Waals surface area contributed by atoms with Crippen LogP contribution < -0.4 is 5.32 Å². The number of aromatic nitrogens is 1. The largest absolute Gasteiger partial charge is 0.483 e. The predicted octanol–water partition coefficient (Wildman–Crippen LogP) is 2.67. The first-order chi connectivity index (χ1) is 16.5. The third-order valence-corrected chi connectivity index (χ3v) is 6.87. The Kier molecular flexibility index (Phi) is 9.78. The highest BCUT2D eigenvalue weighted by Gasteiger charge is 2.30. The quantitative estimate of drug-likeness (QED) is 0.500. The maximum atomic E-state index is 12.9. The summed E-state index contributed by atoms with van der Waals surface area (Å²) in [6.45, 7) is 2.80. The normalized spacial score (nSPS) is 20.6. The lowest BCUT2D eigenvalue weighted by molar-refractivity contribution is -0.135. The van der Waals surface area contributed by atoms with Gasteiger partial charge in [0.2, 0.25) is 11.8 Å². The summed E-state index contributed by atoms with van der Waals surface area (Å²) in [4.78, 5) is 42.7. The molecule has 2 aromatic rings. The summed E-state index contributed by atoms with van der Waals surface area (Å²) in [6, 6.07) is 10.1. The Labute approximate surface area is 204 Å². The van der Waals surface area contributed by atoms with Crippen molar-refractivity contribution in [2.24, 2.45) is 5.92 Å². The maximum absolute atomic E-state index is 12.9. The van der Waals surface area contributed by atoms with Crippen molar-refractivity contribution in [1.29, 1.82) is 0 Å². The van der Waals surface area contributed by atoms with Crippen LogP contribution in [0.5, 0.6) is 0 Å². The number of likely N-dealkylation sites (N-methyl/N-ethyl adjacent to an activating group) is 1. The third kappa shape index (κ3) is 7.50. The van der Waals surface area contributed by atoms with E-state index in [9.17, 15) is 9.59 Å². The minimum atomic E-state index is -0.250. The summed E-state index contributed by atoms with van der Waals surface area (Å²) in [7, 11) is 2.04. The van der Waals surface area contributed by atoms with E-state index in [0.717, 1.165) is 61.7 Å². The van der Waals surface area contributed by atoms with E-state index in [4.69, 9.17) is 9.90 Å². The molecule has 0 spiro atoms. The zero-order valence-corrected chi connectivity index (χ0v) is 20.2. The zero-order valence-electron chi connectivity index (χ0n) is 19.4. The van der Waals surface area contributed by atoms with Crippen LogP contribution in [-0.2, 0) is 20.8 Å². The first kappa shape index (κ1) is 25.6. The number of hydrogen-bond donors (Lipinski definition) is 2. The van der Waals surface area contributed by atoms with Gasteiger partial charge in [0.05, 0.1) is 18.0 Å². The van der Waals surface area contributed by atoms with Gasteiger partial charge < -0.3 is 20.2 Å². The number of rotatable bonds is 5. The molecule has 0 bridgehead atoms. The molecule has 2 N–H and O–H groups in total. The highest BCUT2D eigenvalue weighted by atomic mass is 32.1. The molecule has 1 saturated heterocycles. The maximum Gasteiger partial charge on any atom is 0.290 e. The molecule has 1 aromatic heterocycles. The zero-order chi connectivity index (χ0) is 24.3. The van der Waals surface area contributed by atoms with Crippen LogP contribution in [0.3, 0.4) is 0 Å². The molecule has 0 aliphatic carbocycles. The highest BCUT2D eigenvalue weighted by molar-refractivity contribution is 7.13. The van der Waals surface area contributed by atoms with Crippen molar-refractivity contribution in [3.05, 3.63) is 53.6 Å². The Morgan fingerprint density at radius 3 is 2.68 bits per heavy atom. The third-order valence-electron chi connectivity index (χ3n) is 5.93. The van der Waals surface area contributed by atoms with Gasteiger partial charge in [0.15, 0.2) is 0 Å². The van der Waals surface area contributed by atoms with Crippen LogP contribution in [0.4, 0.5) is 0 Å². The molecule has 3 heterocycles. The molecule has 34 heavy (non-hydrogen) atoms. The van der Waals surface area contributed by atoms with Crippen molar-refractivity contribution < 1.29 is 19.5 Å². The van der Waals surface area contributed by atoms with Gasteiger partial charge in [0, 0.05) is 43.2 Å². The fourth-order valence-electron chi connectivity index (χ4n) is 4.38. The second kappa shape index (κ2) is 13.0. The lowest BCUT2D eigenvalue weighted by Crippen LogP contribution is -2.43. The van der Waals surface area contributed by atoms with E-state index in [-0.39, 0.29) is 36.7 Å². The summed E-state index contributed by atoms with van der Waals surface area (Å²) in [5, 5.41) is 13.0. The lowest BCUT2D eigenvalue weighted by atomic mass is 9.99. The minimum Gasteiger partial charge on any atom is -0.483 e. The van der Waals surface area contributed by atoms with Gasteiger partial charge in [-0.05, 0) is 26.3 Å². The number of carbonyl (C=O) groups is 3. The van der Waals surface area contributed by atoms with E-state index in [1.165, 1.54) is 0 Å². The standard InChI is InChI=1S/C24H30N4O2S.CH2O2/c1-27-15-19(24(30)28-12-6-3-7-13-28)10-11-20(16-27)25-22(29)14-21-17-31-23(26-21)18-8-4-2-5-9-18;2-1-3/h2-6,8-9,17,19-20H,7,10-16H2,1H3,(H,25,29);1H,(H,2,3)/t19-,20+;/m1./s1. The number of amides is 2. The first-order valence-corrected chi connectivity index (χ1v) is 12.4. The number of carboxylic acid groups (broad SMARTS) is 1. The smallest absolute Gasteiger partial charge is 0.290 e. The van der Waals surface area contributed by atoms with Gasteiger partial charge >= 0.3 is 0 Å². The summed E-state index contributed by atoms with van der Waals surface area (Å²) in [5.41, 5.74) is 1.87. The topological polar surface area (TPSA) is 103 Å². The van der Waals surface area contributed by atoms with Crippen molar-refractivity contribution in [1.82, 2.24) is 20.1 Å². The summed E-state index contributed by atoms with van der Waals surface area (Å²) >= 11 is 1.57. The molecule has 1 fully saturated rings. The van der Waals surface area contributed by atoms with E-state index in [1.54, 1.807) is 11.3 Å². The molecule has 4 rings (SSSR count). The number of benzene rings is 1. The van der Waals surface area contributed by atoms with E-state index < -0.39 is 0 Å². The molecule has 2 atom stereocenters. The molecule has 1 aromatic carbocycles. The second-order valence-corrected chi connectivity index (χ2v) is 9.45. The van der Waals surface area contributed by atoms with Crippen LogP contribution in [0.25, 0.3) is 10.6 Å². The minimum absolute atomic E-state index is 0.00498. The molecular weight excluding hydrogens is 452 g/mol. The average molecular weight is 485 g/mol. The van der Waals surface area contributed by atoms with Gasteiger partial charge in [-0.25, -0.2) is 4.98 Å². The van der Waals surface area contributed by atoms with Crippen LogP contribution in [0.1, 0.15) is 25.0 Å². The number of carbonyl (C=O) groups excluding carboxylic acids is 2. The molecule has 2 amide bonds. The van der Waals surface area contributed by atoms with Crippen molar-refractivity contribution in [2.45, 2.75) is 31.7 Å². The second-order valence-electron chi connectivity index (χ2n) is 8.60. The van der Waals surface area contributed by atoms with Crippen molar-refractivity contribution in [2.75, 3.05) is 33.2 Å². The molecule has 9 heteroatoms. The Bertz CT molecular complexity index is 978.